The van der Waals surface area contributed by atoms with Crippen molar-refractivity contribution in [2.24, 2.45) is 17.6 Å². The highest BCUT2D eigenvalue weighted by molar-refractivity contribution is 9.10. The van der Waals surface area contributed by atoms with E-state index in [0.717, 1.165) is 22.9 Å². The Labute approximate surface area is 136 Å². The summed E-state index contributed by atoms with van der Waals surface area (Å²) < 4.78 is 1.03. The van der Waals surface area contributed by atoms with E-state index in [0.29, 0.717) is 24.8 Å². The number of hydrogen-bond donors (Lipinski definition) is 2. The molecule has 1 rings (SSSR count). The molecule has 0 spiro atoms. The van der Waals surface area contributed by atoms with E-state index >= 15 is 0 Å². The van der Waals surface area contributed by atoms with Gasteiger partial charge in [0.15, 0.2) is 0 Å². The number of carbonyl (C=O) groups excluding carboxylic acids is 1. The summed E-state index contributed by atoms with van der Waals surface area (Å²) in [6.07, 6.45) is 2.46. The van der Waals surface area contributed by atoms with Crippen LogP contribution >= 0.6 is 15.9 Å². The summed E-state index contributed by atoms with van der Waals surface area (Å²) in [5, 5.41) is 3.07. The molecule has 3 N–H and O–H groups in total. The van der Waals surface area contributed by atoms with Gasteiger partial charge in [0, 0.05) is 10.9 Å². The molecule has 1 aromatic carbocycles. The van der Waals surface area contributed by atoms with E-state index in [4.69, 9.17) is 5.73 Å². The van der Waals surface area contributed by atoms with Crippen molar-refractivity contribution in [1.82, 2.24) is 5.32 Å². The Bertz CT molecular complexity index is 448. The van der Waals surface area contributed by atoms with Gasteiger partial charge in [-0.1, -0.05) is 48.0 Å². The molecule has 0 aliphatic heterocycles. The summed E-state index contributed by atoms with van der Waals surface area (Å²) in [5.41, 5.74) is 6.75. The van der Waals surface area contributed by atoms with E-state index in [-0.39, 0.29) is 11.9 Å². The van der Waals surface area contributed by atoms with E-state index in [1.165, 1.54) is 0 Å². The van der Waals surface area contributed by atoms with Crippen LogP contribution in [0.2, 0.25) is 0 Å². The van der Waals surface area contributed by atoms with Crippen LogP contribution in [0.1, 0.15) is 51.6 Å². The Morgan fingerprint density at radius 1 is 1.24 bits per heavy atom. The molecular weight excluding hydrogens is 328 g/mol. The van der Waals surface area contributed by atoms with Crippen molar-refractivity contribution in [2.45, 2.75) is 46.1 Å². The van der Waals surface area contributed by atoms with E-state index in [9.17, 15) is 4.79 Å². The lowest BCUT2D eigenvalue weighted by Gasteiger charge is -2.21. The van der Waals surface area contributed by atoms with Gasteiger partial charge >= 0.3 is 0 Å². The molecule has 0 fully saturated rings. The number of rotatable bonds is 8. The lowest BCUT2D eigenvalue weighted by molar-refractivity contribution is -0.122. The average molecular weight is 355 g/mol. The Morgan fingerprint density at radius 3 is 2.48 bits per heavy atom. The summed E-state index contributed by atoms with van der Waals surface area (Å²) in [6, 6.07) is 8.00. The topological polar surface area (TPSA) is 55.1 Å². The fourth-order valence-electron chi connectivity index (χ4n) is 2.56. The maximum atomic E-state index is 12.1. The third-order valence-electron chi connectivity index (χ3n) is 3.97. The van der Waals surface area contributed by atoms with Crippen LogP contribution in [0.4, 0.5) is 0 Å². The fourth-order valence-corrected chi connectivity index (χ4v) is 3.19. The first-order valence-corrected chi connectivity index (χ1v) is 8.48. The molecule has 1 unspecified atom stereocenters. The first kappa shape index (κ1) is 18.2. The predicted octanol–water partition coefficient (Wildman–Crippen LogP) is 4.03. The highest BCUT2D eigenvalue weighted by Crippen LogP contribution is 2.24. The number of amides is 1. The van der Waals surface area contributed by atoms with Crippen LogP contribution in [0.25, 0.3) is 0 Å². The van der Waals surface area contributed by atoms with Crippen molar-refractivity contribution >= 4 is 21.8 Å². The number of halogens is 1. The van der Waals surface area contributed by atoms with Crippen molar-refractivity contribution in [3.8, 4) is 0 Å². The number of nitrogens with two attached hydrogens (primary N) is 1. The molecule has 4 heteroatoms. The average Bonchev–Trinajstić information content (AvgIpc) is 2.43. The summed E-state index contributed by atoms with van der Waals surface area (Å²) >= 11 is 3.52. The van der Waals surface area contributed by atoms with Crippen molar-refractivity contribution in [3.63, 3.8) is 0 Å². The lowest BCUT2D eigenvalue weighted by Crippen LogP contribution is -2.27. The molecule has 1 aromatic rings. The highest BCUT2D eigenvalue weighted by atomic mass is 79.9. The van der Waals surface area contributed by atoms with E-state index in [1.807, 2.05) is 31.2 Å². The Kier molecular flexibility index (Phi) is 7.97. The molecule has 118 valence electrons. The zero-order chi connectivity index (χ0) is 15.8. The number of hydrogen-bond acceptors (Lipinski definition) is 2. The zero-order valence-corrected chi connectivity index (χ0v) is 14.8. The minimum atomic E-state index is 0.0140. The first-order valence-electron chi connectivity index (χ1n) is 7.69. The van der Waals surface area contributed by atoms with Crippen LogP contribution in [-0.2, 0) is 4.79 Å². The summed E-state index contributed by atoms with van der Waals surface area (Å²) in [7, 11) is 0. The third-order valence-corrected chi connectivity index (χ3v) is 4.69. The van der Waals surface area contributed by atoms with Gasteiger partial charge < -0.3 is 11.1 Å². The van der Waals surface area contributed by atoms with Crippen LogP contribution < -0.4 is 11.1 Å². The largest absolute Gasteiger partial charge is 0.350 e. The van der Waals surface area contributed by atoms with Crippen molar-refractivity contribution < 1.29 is 4.79 Å². The molecule has 21 heavy (non-hydrogen) atoms. The minimum Gasteiger partial charge on any atom is -0.350 e. The van der Waals surface area contributed by atoms with Crippen LogP contribution in [0, 0.1) is 11.8 Å². The number of carbonyl (C=O) groups is 1. The van der Waals surface area contributed by atoms with Crippen LogP contribution in [0.5, 0.6) is 0 Å². The van der Waals surface area contributed by atoms with Gasteiger partial charge in [-0.25, -0.2) is 0 Å². The van der Waals surface area contributed by atoms with Crippen molar-refractivity contribution in [1.29, 1.82) is 0 Å². The van der Waals surface area contributed by atoms with Gasteiger partial charge in [0.25, 0.3) is 0 Å². The number of benzene rings is 1. The van der Waals surface area contributed by atoms with E-state index < -0.39 is 0 Å². The normalized spacial score (nSPS) is 14.0. The zero-order valence-electron chi connectivity index (χ0n) is 13.2. The van der Waals surface area contributed by atoms with Crippen molar-refractivity contribution in [2.75, 3.05) is 6.54 Å². The first-order chi connectivity index (χ1) is 9.95. The monoisotopic (exact) mass is 354 g/mol. The fraction of sp³-hybridized carbons (Fsp3) is 0.588. The smallest absolute Gasteiger partial charge is 0.220 e. The molecule has 0 saturated heterocycles. The maximum absolute atomic E-state index is 12.1. The molecule has 0 heterocycles. The molecule has 0 saturated carbocycles. The highest BCUT2D eigenvalue weighted by Gasteiger charge is 2.16. The molecule has 0 radical (unpaired) electrons. The Morgan fingerprint density at radius 2 is 1.90 bits per heavy atom. The van der Waals surface area contributed by atoms with E-state index in [1.54, 1.807) is 0 Å². The molecule has 0 aliphatic carbocycles. The van der Waals surface area contributed by atoms with Gasteiger partial charge in [-0.3, -0.25) is 4.79 Å². The molecule has 2 atom stereocenters. The van der Waals surface area contributed by atoms with Gasteiger partial charge in [-0.2, -0.15) is 0 Å². The molecular formula is C17H27BrN2O. The number of nitrogens with one attached hydrogen (secondary N) is 1. The second-order valence-electron chi connectivity index (χ2n) is 5.93. The lowest BCUT2D eigenvalue weighted by atomic mass is 9.88. The quantitative estimate of drug-likeness (QED) is 0.740. The molecule has 0 aromatic heterocycles. The SMILES string of the molecule is CC(C)C(CCN)CCC(=O)N[C@@H](C)c1ccccc1Br. The second-order valence-corrected chi connectivity index (χ2v) is 6.79. The molecule has 1 amide bonds. The molecule has 3 nitrogen and oxygen atoms in total. The van der Waals surface area contributed by atoms with Gasteiger partial charge in [-0.15, -0.1) is 0 Å². The standard InChI is InChI=1S/C17H27BrN2O/c1-12(2)14(10-11-19)8-9-17(21)20-13(3)15-6-4-5-7-16(15)18/h4-7,12-14H,8-11,19H2,1-3H3,(H,20,21)/t13-,14?/m0/s1. The van der Waals surface area contributed by atoms with Crippen LogP contribution in [0.3, 0.4) is 0 Å². The summed E-state index contributed by atoms with van der Waals surface area (Å²) in [5.74, 6) is 1.21. The summed E-state index contributed by atoms with van der Waals surface area (Å²) in [4.78, 5) is 12.1. The predicted molar refractivity (Wildman–Crippen MR) is 91.9 cm³/mol. The third kappa shape index (κ3) is 6.18. The molecule has 0 aliphatic rings. The molecule has 0 bridgehead atoms. The van der Waals surface area contributed by atoms with Crippen LogP contribution in [0.15, 0.2) is 28.7 Å². The van der Waals surface area contributed by atoms with Gasteiger partial charge in [0.2, 0.25) is 5.91 Å². The minimum absolute atomic E-state index is 0.0140. The Balaban J connectivity index is 2.48. The second kappa shape index (κ2) is 9.21. The maximum Gasteiger partial charge on any atom is 0.220 e. The van der Waals surface area contributed by atoms with E-state index in [2.05, 4.69) is 35.1 Å². The van der Waals surface area contributed by atoms with Crippen LogP contribution in [-0.4, -0.2) is 12.5 Å². The Hall–Kier alpha value is -0.870. The van der Waals surface area contributed by atoms with Gasteiger partial charge in [0.1, 0.15) is 0 Å². The van der Waals surface area contributed by atoms with Gasteiger partial charge in [-0.05, 0) is 49.8 Å². The summed E-state index contributed by atoms with van der Waals surface area (Å²) in [6.45, 7) is 7.10. The van der Waals surface area contributed by atoms with Gasteiger partial charge in [0.05, 0.1) is 6.04 Å². The van der Waals surface area contributed by atoms with Crippen molar-refractivity contribution in [3.05, 3.63) is 34.3 Å².